The van der Waals surface area contributed by atoms with Crippen LogP contribution in [0.5, 0.6) is 0 Å². The number of imide groups is 1. The molecule has 2 rings (SSSR count). The number of rotatable bonds is 4. The molecule has 0 bridgehead atoms. The van der Waals surface area contributed by atoms with E-state index in [9.17, 15) is 19.2 Å². The van der Waals surface area contributed by atoms with Gasteiger partial charge in [0, 0.05) is 25.3 Å². The Kier molecular flexibility index (Phi) is 4.32. The van der Waals surface area contributed by atoms with Crippen LogP contribution in [0.4, 0.5) is 0 Å². The van der Waals surface area contributed by atoms with Crippen molar-refractivity contribution < 1.29 is 28.8 Å². The quantitative estimate of drug-likeness (QED) is 0.604. The van der Waals surface area contributed by atoms with Crippen LogP contribution in [0, 0.1) is 0 Å². The molecular formula is C14H13NO6. The first-order valence-corrected chi connectivity index (χ1v) is 6.29. The molecule has 1 atom stereocenters. The SMILES string of the molecule is CC(=O)OC(C(=O)ON1C(=O)CCC1=O)c1ccccc1. The van der Waals surface area contributed by atoms with Crippen LogP contribution >= 0.6 is 0 Å². The molecule has 7 heteroatoms. The van der Waals surface area contributed by atoms with Gasteiger partial charge in [0.05, 0.1) is 0 Å². The van der Waals surface area contributed by atoms with E-state index in [1.54, 1.807) is 30.3 Å². The van der Waals surface area contributed by atoms with Crippen molar-refractivity contribution >= 4 is 23.8 Å². The average Bonchev–Trinajstić information content (AvgIpc) is 2.77. The van der Waals surface area contributed by atoms with Gasteiger partial charge in [-0.05, 0) is 0 Å². The van der Waals surface area contributed by atoms with Gasteiger partial charge in [0.1, 0.15) is 0 Å². The van der Waals surface area contributed by atoms with Crippen molar-refractivity contribution in [1.82, 2.24) is 5.06 Å². The van der Waals surface area contributed by atoms with Gasteiger partial charge in [-0.3, -0.25) is 14.4 Å². The van der Waals surface area contributed by atoms with Gasteiger partial charge in [0.2, 0.25) is 6.10 Å². The lowest BCUT2D eigenvalue weighted by Crippen LogP contribution is -2.35. The van der Waals surface area contributed by atoms with Gasteiger partial charge in [-0.2, -0.15) is 0 Å². The van der Waals surface area contributed by atoms with Crippen molar-refractivity contribution in [2.75, 3.05) is 0 Å². The summed E-state index contributed by atoms with van der Waals surface area (Å²) in [5.74, 6) is -2.87. The number of carbonyl (C=O) groups excluding carboxylic acids is 4. The summed E-state index contributed by atoms with van der Waals surface area (Å²) >= 11 is 0. The first-order valence-electron chi connectivity index (χ1n) is 6.29. The fraction of sp³-hybridized carbons (Fsp3) is 0.286. The van der Waals surface area contributed by atoms with Gasteiger partial charge < -0.3 is 9.57 Å². The van der Waals surface area contributed by atoms with Gasteiger partial charge in [-0.15, -0.1) is 5.06 Å². The third kappa shape index (κ3) is 3.44. The highest BCUT2D eigenvalue weighted by Gasteiger charge is 2.36. The maximum absolute atomic E-state index is 12.1. The van der Waals surface area contributed by atoms with E-state index in [-0.39, 0.29) is 12.8 Å². The molecule has 1 unspecified atom stereocenters. The van der Waals surface area contributed by atoms with Crippen LogP contribution in [0.15, 0.2) is 30.3 Å². The summed E-state index contributed by atoms with van der Waals surface area (Å²) in [6, 6.07) is 8.19. The number of esters is 1. The zero-order chi connectivity index (χ0) is 15.4. The largest absolute Gasteiger partial charge is 0.445 e. The molecule has 7 nitrogen and oxygen atoms in total. The van der Waals surface area contributed by atoms with Gasteiger partial charge >= 0.3 is 11.9 Å². The second-order valence-electron chi connectivity index (χ2n) is 4.39. The number of hydrogen-bond donors (Lipinski definition) is 0. The molecular weight excluding hydrogens is 278 g/mol. The Morgan fingerprint density at radius 2 is 1.67 bits per heavy atom. The van der Waals surface area contributed by atoms with E-state index < -0.39 is 29.9 Å². The van der Waals surface area contributed by atoms with E-state index in [2.05, 4.69) is 0 Å². The third-order valence-electron chi connectivity index (χ3n) is 2.79. The number of amides is 2. The highest BCUT2D eigenvalue weighted by Crippen LogP contribution is 2.21. The van der Waals surface area contributed by atoms with Gasteiger partial charge in [-0.25, -0.2) is 4.79 Å². The number of carbonyl (C=O) groups is 4. The summed E-state index contributed by atoms with van der Waals surface area (Å²) < 4.78 is 4.92. The molecule has 0 saturated carbocycles. The summed E-state index contributed by atoms with van der Waals surface area (Å²) in [5.41, 5.74) is 0.386. The molecule has 21 heavy (non-hydrogen) atoms. The van der Waals surface area contributed by atoms with Crippen molar-refractivity contribution in [3.8, 4) is 0 Å². The minimum Gasteiger partial charge on any atom is -0.445 e. The zero-order valence-electron chi connectivity index (χ0n) is 11.3. The van der Waals surface area contributed by atoms with Crippen molar-refractivity contribution in [3.63, 3.8) is 0 Å². The van der Waals surface area contributed by atoms with E-state index in [0.29, 0.717) is 10.6 Å². The molecule has 1 aliphatic rings. The number of nitrogens with zero attached hydrogens (tertiary/aromatic N) is 1. The van der Waals surface area contributed by atoms with E-state index in [4.69, 9.17) is 9.57 Å². The molecule has 1 saturated heterocycles. The predicted molar refractivity (Wildman–Crippen MR) is 68.1 cm³/mol. The predicted octanol–water partition coefficient (Wildman–Crippen LogP) is 0.898. The zero-order valence-corrected chi connectivity index (χ0v) is 11.3. The molecule has 0 aliphatic carbocycles. The topological polar surface area (TPSA) is 90.0 Å². The molecule has 0 radical (unpaired) electrons. The molecule has 1 fully saturated rings. The molecule has 0 spiro atoms. The normalized spacial score (nSPS) is 15.8. The Hall–Kier alpha value is -2.70. The van der Waals surface area contributed by atoms with Crippen LogP contribution in [0.2, 0.25) is 0 Å². The number of ether oxygens (including phenoxy) is 1. The lowest BCUT2D eigenvalue weighted by Gasteiger charge is -2.19. The lowest BCUT2D eigenvalue weighted by atomic mass is 10.1. The minimum absolute atomic E-state index is 0.00428. The maximum atomic E-state index is 12.1. The molecule has 0 N–H and O–H groups in total. The van der Waals surface area contributed by atoms with Crippen LogP contribution < -0.4 is 0 Å². The standard InChI is InChI=1S/C14H13NO6/c1-9(16)20-13(10-5-3-2-4-6-10)14(19)21-15-11(17)7-8-12(15)18/h2-6,13H,7-8H2,1H3. The Labute approximate surface area is 120 Å². The third-order valence-corrected chi connectivity index (χ3v) is 2.79. The van der Waals surface area contributed by atoms with E-state index in [1.165, 1.54) is 0 Å². The van der Waals surface area contributed by atoms with E-state index >= 15 is 0 Å². The number of benzene rings is 1. The summed E-state index contributed by atoms with van der Waals surface area (Å²) in [7, 11) is 0. The lowest BCUT2D eigenvalue weighted by molar-refractivity contribution is -0.206. The molecule has 0 aromatic heterocycles. The molecule has 1 aromatic rings. The molecule has 1 aliphatic heterocycles. The summed E-state index contributed by atoms with van der Waals surface area (Å²) in [5, 5.41) is 0.418. The smallest absolute Gasteiger partial charge is 0.378 e. The van der Waals surface area contributed by atoms with Gasteiger partial charge in [0.25, 0.3) is 11.8 Å². The highest BCUT2D eigenvalue weighted by atomic mass is 16.7. The van der Waals surface area contributed by atoms with Gasteiger partial charge in [-0.1, -0.05) is 30.3 Å². The fourth-order valence-corrected chi connectivity index (χ4v) is 1.84. The van der Waals surface area contributed by atoms with Crippen LogP contribution in [-0.4, -0.2) is 28.8 Å². The van der Waals surface area contributed by atoms with Crippen LogP contribution in [0.25, 0.3) is 0 Å². The van der Waals surface area contributed by atoms with Crippen LogP contribution in [0.1, 0.15) is 31.4 Å². The highest BCUT2D eigenvalue weighted by molar-refractivity contribution is 6.01. The Morgan fingerprint density at radius 1 is 1.10 bits per heavy atom. The molecule has 110 valence electrons. The first-order chi connectivity index (χ1) is 9.99. The Morgan fingerprint density at radius 3 is 2.19 bits per heavy atom. The molecule has 1 aromatic carbocycles. The second-order valence-corrected chi connectivity index (χ2v) is 4.39. The molecule has 1 heterocycles. The minimum atomic E-state index is -1.33. The van der Waals surface area contributed by atoms with Crippen molar-refractivity contribution in [1.29, 1.82) is 0 Å². The summed E-state index contributed by atoms with van der Waals surface area (Å²) in [6.07, 6.45) is -1.34. The first kappa shape index (κ1) is 14.7. The average molecular weight is 291 g/mol. The summed E-state index contributed by atoms with van der Waals surface area (Å²) in [4.78, 5) is 50.8. The monoisotopic (exact) mass is 291 g/mol. The fourth-order valence-electron chi connectivity index (χ4n) is 1.84. The van der Waals surface area contributed by atoms with Gasteiger partial charge in [0.15, 0.2) is 0 Å². The maximum Gasteiger partial charge on any atom is 0.378 e. The van der Waals surface area contributed by atoms with E-state index in [0.717, 1.165) is 6.92 Å². The van der Waals surface area contributed by atoms with E-state index in [1.807, 2.05) is 0 Å². The number of hydroxylamine groups is 2. The Bertz CT molecular complexity index is 566. The number of hydrogen-bond acceptors (Lipinski definition) is 6. The summed E-state index contributed by atoms with van der Waals surface area (Å²) in [6.45, 7) is 1.15. The second kappa shape index (κ2) is 6.17. The van der Waals surface area contributed by atoms with Crippen molar-refractivity contribution in [2.45, 2.75) is 25.9 Å². The molecule has 2 amide bonds. The van der Waals surface area contributed by atoms with Crippen LogP contribution in [0.3, 0.4) is 0 Å². The van der Waals surface area contributed by atoms with Crippen molar-refractivity contribution in [2.24, 2.45) is 0 Å². The Balaban J connectivity index is 2.17. The van der Waals surface area contributed by atoms with Crippen LogP contribution in [-0.2, 0) is 28.8 Å². The van der Waals surface area contributed by atoms with Crippen molar-refractivity contribution in [3.05, 3.63) is 35.9 Å².